The monoisotopic (exact) mass is 451 g/mol. The lowest BCUT2D eigenvalue weighted by Gasteiger charge is -2.52. The number of likely N-dealkylation sites (tertiary alicyclic amines) is 1. The molecule has 6 nitrogen and oxygen atoms in total. The molecule has 2 fully saturated rings. The zero-order valence-corrected chi connectivity index (χ0v) is 19.6. The zero-order chi connectivity index (χ0) is 23.4. The second-order valence-electron chi connectivity index (χ2n) is 8.90. The van der Waals surface area contributed by atoms with E-state index in [0.29, 0.717) is 24.5 Å². The molecule has 2 aliphatic rings. The molecule has 1 heterocycles. The molecule has 0 aromatic heterocycles. The van der Waals surface area contributed by atoms with Gasteiger partial charge in [0, 0.05) is 18.5 Å². The Morgan fingerprint density at radius 2 is 1.76 bits per heavy atom. The van der Waals surface area contributed by atoms with E-state index < -0.39 is 5.60 Å². The van der Waals surface area contributed by atoms with Crippen LogP contribution in [0.5, 0.6) is 17.2 Å². The molecule has 3 atom stereocenters. The average molecular weight is 452 g/mol. The Balaban J connectivity index is 1.62. The van der Waals surface area contributed by atoms with Crippen LogP contribution in [0.2, 0.25) is 0 Å². The van der Waals surface area contributed by atoms with Gasteiger partial charge >= 0.3 is 0 Å². The minimum absolute atomic E-state index is 0.0202. The van der Waals surface area contributed by atoms with E-state index in [1.165, 1.54) is 0 Å². The Kier molecular flexibility index (Phi) is 6.94. The van der Waals surface area contributed by atoms with Crippen molar-refractivity contribution >= 4 is 12.0 Å². The summed E-state index contributed by atoms with van der Waals surface area (Å²) in [5, 5.41) is 11.4. The lowest BCUT2D eigenvalue weighted by atomic mass is 9.66. The third-order valence-electron chi connectivity index (χ3n) is 7.13. The highest BCUT2D eigenvalue weighted by Crippen LogP contribution is 2.49. The molecule has 4 rings (SSSR count). The molecule has 2 aromatic carbocycles. The highest BCUT2D eigenvalue weighted by Gasteiger charge is 2.49. The number of carbonyl (C=O) groups is 1. The molecule has 2 aromatic rings. The minimum Gasteiger partial charge on any atom is -0.497 e. The van der Waals surface area contributed by atoms with Crippen molar-refractivity contribution in [1.82, 2.24) is 4.90 Å². The highest BCUT2D eigenvalue weighted by atomic mass is 16.5. The normalized spacial score (nSPS) is 24.9. The summed E-state index contributed by atoms with van der Waals surface area (Å²) < 4.78 is 16.0. The van der Waals surface area contributed by atoms with Crippen molar-refractivity contribution in [2.24, 2.45) is 5.92 Å². The number of methoxy groups -OCH3 is 3. The molecule has 1 amide bonds. The summed E-state index contributed by atoms with van der Waals surface area (Å²) >= 11 is 0. The van der Waals surface area contributed by atoms with Gasteiger partial charge in [-0.1, -0.05) is 31.0 Å². The van der Waals surface area contributed by atoms with E-state index in [2.05, 4.69) is 0 Å². The van der Waals surface area contributed by atoms with Gasteiger partial charge in [-0.05, 0) is 60.7 Å². The molecule has 1 saturated carbocycles. The maximum atomic E-state index is 13.4. The molecular weight excluding hydrogens is 418 g/mol. The minimum atomic E-state index is -0.716. The first-order chi connectivity index (χ1) is 16.0. The van der Waals surface area contributed by atoms with Crippen LogP contribution in [0.3, 0.4) is 0 Å². The van der Waals surface area contributed by atoms with Crippen molar-refractivity contribution in [3.05, 3.63) is 59.7 Å². The molecule has 176 valence electrons. The lowest BCUT2D eigenvalue weighted by molar-refractivity contribution is -0.150. The number of fused-ring (bicyclic) bond motifs is 1. The van der Waals surface area contributed by atoms with Gasteiger partial charge in [-0.25, -0.2) is 0 Å². The van der Waals surface area contributed by atoms with Gasteiger partial charge in [-0.2, -0.15) is 0 Å². The molecule has 1 N–H and O–H groups in total. The predicted octanol–water partition coefficient (Wildman–Crippen LogP) is 4.62. The second-order valence-corrected chi connectivity index (χ2v) is 8.90. The van der Waals surface area contributed by atoms with E-state index in [9.17, 15) is 9.90 Å². The number of hydrogen-bond donors (Lipinski definition) is 1. The van der Waals surface area contributed by atoms with Crippen molar-refractivity contribution in [1.29, 1.82) is 0 Å². The molecule has 6 heteroatoms. The topological polar surface area (TPSA) is 68.2 Å². The number of ether oxygens (including phenoxy) is 3. The third-order valence-corrected chi connectivity index (χ3v) is 7.13. The standard InChI is InChI=1S/C27H33NO5/c1-31-21-11-9-20(10-12-21)26-22-6-4-5-15-27(22,30)16-17-28(26)25(29)14-8-19-7-13-23(32-2)24(18-19)33-3/h7-14,18,22,26,30H,4-6,15-17H2,1-3H3. The van der Waals surface area contributed by atoms with Crippen LogP contribution in [0.1, 0.15) is 49.3 Å². The summed E-state index contributed by atoms with van der Waals surface area (Å²) in [4.78, 5) is 15.3. The third kappa shape index (κ3) is 4.71. The summed E-state index contributed by atoms with van der Waals surface area (Å²) in [5.41, 5.74) is 1.18. The van der Waals surface area contributed by atoms with E-state index in [-0.39, 0.29) is 17.9 Å². The average Bonchev–Trinajstić information content (AvgIpc) is 2.86. The fourth-order valence-electron chi connectivity index (χ4n) is 5.36. The summed E-state index contributed by atoms with van der Waals surface area (Å²) in [5.74, 6) is 2.01. The molecule has 1 saturated heterocycles. The molecule has 0 radical (unpaired) electrons. The Labute approximate surface area is 195 Å². The van der Waals surface area contributed by atoms with Crippen molar-refractivity contribution in [2.45, 2.75) is 43.7 Å². The number of amides is 1. The number of rotatable bonds is 6. The van der Waals surface area contributed by atoms with Crippen molar-refractivity contribution in [3.63, 3.8) is 0 Å². The first-order valence-electron chi connectivity index (χ1n) is 11.6. The summed E-state index contributed by atoms with van der Waals surface area (Å²) in [6.45, 7) is 0.527. The maximum absolute atomic E-state index is 13.4. The Hall–Kier alpha value is -2.99. The highest BCUT2D eigenvalue weighted by molar-refractivity contribution is 5.92. The van der Waals surface area contributed by atoms with Crippen LogP contribution >= 0.6 is 0 Å². The van der Waals surface area contributed by atoms with Crippen molar-refractivity contribution < 1.29 is 24.1 Å². The number of hydrogen-bond acceptors (Lipinski definition) is 5. The molecule has 33 heavy (non-hydrogen) atoms. The summed E-state index contributed by atoms with van der Waals surface area (Å²) in [6.07, 6.45) is 7.85. The first-order valence-corrected chi connectivity index (χ1v) is 11.6. The SMILES string of the molecule is COc1ccc(C2C3CCCCC3(O)CCN2C(=O)C=Cc2ccc(OC)c(OC)c2)cc1. The van der Waals surface area contributed by atoms with Crippen LogP contribution < -0.4 is 14.2 Å². The van der Waals surface area contributed by atoms with Gasteiger partial charge in [0.05, 0.1) is 33.0 Å². The predicted molar refractivity (Wildman–Crippen MR) is 128 cm³/mol. The van der Waals surface area contributed by atoms with Crippen LogP contribution in [0.15, 0.2) is 48.5 Å². The Morgan fingerprint density at radius 3 is 2.45 bits per heavy atom. The van der Waals surface area contributed by atoms with Crippen LogP contribution in [0.25, 0.3) is 6.08 Å². The molecule has 1 aliphatic heterocycles. The van der Waals surface area contributed by atoms with E-state index in [4.69, 9.17) is 14.2 Å². The van der Waals surface area contributed by atoms with Gasteiger partial charge in [0.1, 0.15) is 5.75 Å². The van der Waals surface area contributed by atoms with Crippen molar-refractivity contribution in [2.75, 3.05) is 27.9 Å². The molecule has 1 aliphatic carbocycles. The summed E-state index contributed by atoms with van der Waals surface area (Å²) in [7, 11) is 4.83. The van der Waals surface area contributed by atoms with Gasteiger partial charge < -0.3 is 24.2 Å². The van der Waals surface area contributed by atoms with Crippen LogP contribution in [-0.4, -0.2) is 49.4 Å². The van der Waals surface area contributed by atoms with Crippen LogP contribution in [0.4, 0.5) is 0 Å². The van der Waals surface area contributed by atoms with Gasteiger partial charge in [0.15, 0.2) is 11.5 Å². The largest absolute Gasteiger partial charge is 0.497 e. The van der Waals surface area contributed by atoms with E-state index in [1.807, 2.05) is 47.4 Å². The Bertz CT molecular complexity index is 1000. The second kappa shape index (κ2) is 9.87. The molecule has 3 unspecified atom stereocenters. The van der Waals surface area contributed by atoms with Gasteiger partial charge in [-0.15, -0.1) is 0 Å². The number of benzene rings is 2. The molecule has 0 spiro atoms. The summed E-state index contributed by atoms with van der Waals surface area (Å²) in [6, 6.07) is 13.3. The zero-order valence-electron chi connectivity index (χ0n) is 19.6. The van der Waals surface area contributed by atoms with E-state index in [1.54, 1.807) is 33.5 Å². The Morgan fingerprint density at radius 1 is 1.00 bits per heavy atom. The fraction of sp³-hybridized carbons (Fsp3) is 0.444. The number of carbonyl (C=O) groups excluding carboxylic acids is 1. The smallest absolute Gasteiger partial charge is 0.247 e. The van der Waals surface area contributed by atoms with E-state index >= 15 is 0 Å². The number of aliphatic hydroxyl groups is 1. The van der Waals surface area contributed by atoms with Gasteiger partial charge in [0.2, 0.25) is 5.91 Å². The molecular formula is C27H33NO5. The number of piperidine rings is 1. The molecule has 0 bridgehead atoms. The van der Waals surface area contributed by atoms with Crippen molar-refractivity contribution in [3.8, 4) is 17.2 Å². The first kappa shape index (κ1) is 23.2. The van der Waals surface area contributed by atoms with Gasteiger partial charge in [-0.3, -0.25) is 4.79 Å². The van der Waals surface area contributed by atoms with Crippen LogP contribution in [0, 0.1) is 5.92 Å². The quantitative estimate of drug-likeness (QED) is 0.649. The maximum Gasteiger partial charge on any atom is 0.247 e. The van der Waals surface area contributed by atoms with Crippen LogP contribution in [-0.2, 0) is 4.79 Å². The van der Waals surface area contributed by atoms with E-state index in [0.717, 1.165) is 42.6 Å². The number of nitrogens with zero attached hydrogens (tertiary/aromatic N) is 1. The fourth-order valence-corrected chi connectivity index (χ4v) is 5.36. The lowest BCUT2D eigenvalue weighted by Crippen LogP contribution is -2.56. The van der Waals surface area contributed by atoms with Gasteiger partial charge in [0.25, 0.3) is 0 Å².